The minimum Gasteiger partial charge on any atom is -0.467 e. The van der Waals surface area contributed by atoms with Crippen molar-refractivity contribution in [2.45, 2.75) is 13.5 Å². The Morgan fingerprint density at radius 1 is 0.929 bits per heavy atom. The van der Waals surface area contributed by atoms with Gasteiger partial charge in [0.15, 0.2) is 5.76 Å². The topological polar surface area (TPSA) is 84.5 Å². The highest BCUT2D eigenvalue weighted by molar-refractivity contribution is 6.10. The summed E-state index contributed by atoms with van der Waals surface area (Å²) in [5.41, 5.74) is 2.17. The Hall–Kier alpha value is -3.80. The van der Waals surface area contributed by atoms with Crippen molar-refractivity contribution in [2.24, 2.45) is 0 Å². The number of para-hydroxylation sites is 2. The smallest absolute Gasteiger partial charge is 0.291 e. The molecule has 0 bridgehead atoms. The molecule has 0 aliphatic rings. The van der Waals surface area contributed by atoms with Crippen LogP contribution in [-0.2, 0) is 6.54 Å². The summed E-state index contributed by atoms with van der Waals surface area (Å²) >= 11 is 0. The molecular formula is C22H18N2O4. The van der Waals surface area contributed by atoms with E-state index in [4.69, 9.17) is 8.83 Å². The van der Waals surface area contributed by atoms with E-state index in [2.05, 4.69) is 10.6 Å². The Labute approximate surface area is 161 Å². The van der Waals surface area contributed by atoms with E-state index in [-0.39, 0.29) is 18.2 Å². The van der Waals surface area contributed by atoms with Crippen LogP contribution >= 0.6 is 0 Å². The van der Waals surface area contributed by atoms with Gasteiger partial charge in [-0.15, -0.1) is 0 Å². The predicted octanol–water partition coefficient (Wildman–Crippen LogP) is 4.52. The van der Waals surface area contributed by atoms with Gasteiger partial charge in [0.25, 0.3) is 11.8 Å². The van der Waals surface area contributed by atoms with E-state index in [9.17, 15) is 9.59 Å². The summed E-state index contributed by atoms with van der Waals surface area (Å²) in [5.74, 6) is 0.161. The van der Waals surface area contributed by atoms with Crippen molar-refractivity contribution in [1.29, 1.82) is 0 Å². The predicted molar refractivity (Wildman–Crippen MR) is 105 cm³/mol. The minimum atomic E-state index is -0.403. The van der Waals surface area contributed by atoms with Gasteiger partial charge in [0.05, 0.1) is 24.1 Å². The molecule has 0 saturated carbocycles. The highest BCUT2D eigenvalue weighted by Crippen LogP contribution is 2.26. The van der Waals surface area contributed by atoms with Crippen molar-refractivity contribution in [2.75, 3.05) is 5.32 Å². The lowest BCUT2D eigenvalue weighted by Gasteiger charge is -2.10. The van der Waals surface area contributed by atoms with Crippen molar-refractivity contribution < 1.29 is 18.4 Å². The van der Waals surface area contributed by atoms with Crippen LogP contribution in [0.4, 0.5) is 5.69 Å². The molecule has 2 N–H and O–H groups in total. The molecule has 4 aromatic rings. The molecular weight excluding hydrogens is 356 g/mol. The molecule has 140 valence electrons. The van der Waals surface area contributed by atoms with Gasteiger partial charge >= 0.3 is 0 Å². The molecule has 0 atom stereocenters. The summed E-state index contributed by atoms with van der Waals surface area (Å²) in [4.78, 5) is 25.3. The van der Waals surface area contributed by atoms with Crippen molar-refractivity contribution in [3.8, 4) is 0 Å². The molecule has 0 unspecified atom stereocenters. The number of furan rings is 2. The number of rotatable bonds is 5. The zero-order valence-electron chi connectivity index (χ0n) is 15.2. The first-order valence-corrected chi connectivity index (χ1v) is 8.82. The molecule has 0 aliphatic carbocycles. The molecule has 0 fully saturated rings. The summed E-state index contributed by atoms with van der Waals surface area (Å²) < 4.78 is 10.9. The van der Waals surface area contributed by atoms with Gasteiger partial charge in [-0.1, -0.05) is 30.3 Å². The first-order valence-electron chi connectivity index (χ1n) is 8.82. The second kappa shape index (κ2) is 7.44. The monoisotopic (exact) mass is 374 g/mol. The summed E-state index contributed by atoms with van der Waals surface area (Å²) in [5, 5.41) is 6.45. The number of carbonyl (C=O) groups is 2. The second-order valence-corrected chi connectivity index (χ2v) is 6.31. The number of benzene rings is 2. The highest BCUT2D eigenvalue weighted by Gasteiger charge is 2.20. The third-order valence-corrected chi connectivity index (χ3v) is 4.47. The lowest BCUT2D eigenvalue weighted by Crippen LogP contribution is -2.24. The van der Waals surface area contributed by atoms with E-state index in [0.29, 0.717) is 22.6 Å². The Balaban J connectivity index is 1.55. The van der Waals surface area contributed by atoms with Gasteiger partial charge in [-0.3, -0.25) is 9.59 Å². The standard InChI is InChI=1S/C22H18N2O4/c1-14-16-8-3-5-11-19(16)28-20(14)22(26)24-18-10-4-2-9-17(18)21(25)23-13-15-7-6-12-27-15/h2-12H,13H2,1H3,(H,23,25)(H,24,26). The maximum atomic E-state index is 12.8. The van der Waals surface area contributed by atoms with E-state index < -0.39 is 5.91 Å². The van der Waals surface area contributed by atoms with E-state index in [1.54, 1.807) is 42.7 Å². The fourth-order valence-corrected chi connectivity index (χ4v) is 3.04. The van der Waals surface area contributed by atoms with Crippen LogP contribution in [0, 0.1) is 6.92 Å². The Bertz CT molecular complexity index is 1140. The van der Waals surface area contributed by atoms with Crippen LogP contribution in [-0.4, -0.2) is 11.8 Å². The average molecular weight is 374 g/mol. The molecule has 6 nitrogen and oxygen atoms in total. The normalized spacial score (nSPS) is 10.8. The fraction of sp³-hybridized carbons (Fsp3) is 0.0909. The van der Waals surface area contributed by atoms with Crippen LogP contribution in [0.15, 0.2) is 75.8 Å². The van der Waals surface area contributed by atoms with Gasteiger partial charge in [-0.25, -0.2) is 0 Å². The van der Waals surface area contributed by atoms with Crippen molar-refractivity contribution in [3.05, 3.63) is 89.6 Å². The zero-order valence-corrected chi connectivity index (χ0v) is 15.2. The first-order chi connectivity index (χ1) is 13.6. The van der Waals surface area contributed by atoms with Crippen LogP contribution < -0.4 is 10.6 Å². The van der Waals surface area contributed by atoms with Crippen LogP contribution in [0.25, 0.3) is 11.0 Å². The SMILES string of the molecule is Cc1c(C(=O)Nc2ccccc2C(=O)NCc2ccco2)oc2ccccc12. The molecule has 0 radical (unpaired) electrons. The number of carbonyl (C=O) groups excluding carboxylic acids is 2. The Kier molecular flexibility index (Phi) is 4.68. The number of nitrogens with one attached hydrogen (secondary N) is 2. The lowest BCUT2D eigenvalue weighted by molar-refractivity contribution is 0.0949. The maximum absolute atomic E-state index is 12.8. The van der Waals surface area contributed by atoms with Crippen LogP contribution in [0.3, 0.4) is 0 Å². The van der Waals surface area contributed by atoms with Gasteiger partial charge in [0, 0.05) is 10.9 Å². The maximum Gasteiger partial charge on any atom is 0.291 e. The number of anilines is 1. The molecule has 2 heterocycles. The van der Waals surface area contributed by atoms with E-state index in [1.807, 2.05) is 31.2 Å². The fourth-order valence-electron chi connectivity index (χ4n) is 3.04. The largest absolute Gasteiger partial charge is 0.467 e. The number of hydrogen-bond acceptors (Lipinski definition) is 4. The van der Waals surface area contributed by atoms with E-state index in [1.165, 1.54) is 0 Å². The van der Waals surface area contributed by atoms with Gasteiger partial charge in [-0.2, -0.15) is 0 Å². The number of amides is 2. The highest BCUT2D eigenvalue weighted by atomic mass is 16.3. The van der Waals surface area contributed by atoms with Gasteiger partial charge in [-0.05, 0) is 37.3 Å². The molecule has 6 heteroatoms. The summed E-state index contributed by atoms with van der Waals surface area (Å²) in [6.07, 6.45) is 1.55. The van der Waals surface area contributed by atoms with E-state index in [0.717, 1.165) is 10.9 Å². The molecule has 0 spiro atoms. The van der Waals surface area contributed by atoms with Crippen molar-refractivity contribution in [3.63, 3.8) is 0 Å². The molecule has 2 amide bonds. The second-order valence-electron chi connectivity index (χ2n) is 6.31. The van der Waals surface area contributed by atoms with Crippen molar-refractivity contribution >= 4 is 28.5 Å². The van der Waals surface area contributed by atoms with Crippen LogP contribution in [0.5, 0.6) is 0 Å². The summed E-state index contributed by atoms with van der Waals surface area (Å²) in [6, 6.07) is 17.8. The van der Waals surface area contributed by atoms with Crippen LogP contribution in [0.1, 0.15) is 32.2 Å². The van der Waals surface area contributed by atoms with E-state index >= 15 is 0 Å². The number of fused-ring (bicyclic) bond motifs is 1. The molecule has 2 aromatic heterocycles. The summed E-state index contributed by atoms with van der Waals surface area (Å²) in [6.45, 7) is 2.10. The first kappa shape index (κ1) is 17.6. The number of aryl methyl sites for hydroxylation is 1. The third kappa shape index (κ3) is 3.40. The van der Waals surface area contributed by atoms with Crippen LogP contribution in [0.2, 0.25) is 0 Å². The van der Waals surface area contributed by atoms with Crippen molar-refractivity contribution in [1.82, 2.24) is 5.32 Å². The summed E-state index contributed by atoms with van der Waals surface area (Å²) in [7, 11) is 0. The third-order valence-electron chi connectivity index (χ3n) is 4.47. The Morgan fingerprint density at radius 3 is 2.50 bits per heavy atom. The molecule has 0 aliphatic heterocycles. The quantitative estimate of drug-likeness (QED) is 0.538. The zero-order chi connectivity index (χ0) is 19.5. The average Bonchev–Trinajstić information content (AvgIpc) is 3.35. The lowest BCUT2D eigenvalue weighted by atomic mass is 10.1. The Morgan fingerprint density at radius 2 is 1.71 bits per heavy atom. The molecule has 2 aromatic carbocycles. The van der Waals surface area contributed by atoms with Gasteiger partial charge in [0.2, 0.25) is 0 Å². The molecule has 0 saturated heterocycles. The molecule has 28 heavy (non-hydrogen) atoms. The van der Waals surface area contributed by atoms with Gasteiger partial charge in [0.1, 0.15) is 11.3 Å². The molecule has 4 rings (SSSR count). The van der Waals surface area contributed by atoms with Gasteiger partial charge < -0.3 is 19.5 Å². The number of hydrogen-bond donors (Lipinski definition) is 2. The minimum absolute atomic E-state index is 0.229.